The molecular weight excluding hydrogens is 176 g/mol. The molecule has 14 heavy (non-hydrogen) atoms. The third kappa shape index (κ3) is 4.94. The molecule has 84 valence electrons. The zero-order valence-electron chi connectivity index (χ0n) is 9.46. The van der Waals surface area contributed by atoms with Gasteiger partial charge >= 0.3 is 0 Å². The summed E-state index contributed by atoms with van der Waals surface area (Å²) >= 11 is 0. The van der Waals surface area contributed by atoms with Gasteiger partial charge in [-0.25, -0.2) is 0 Å². The van der Waals surface area contributed by atoms with Gasteiger partial charge in [0.25, 0.3) is 0 Å². The van der Waals surface area contributed by atoms with E-state index in [-0.39, 0.29) is 6.04 Å². The molecule has 0 amide bonds. The van der Waals surface area contributed by atoms with Crippen LogP contribution in [-0.2, 0) is 4.74 Å². The summed E-state index contributed by atoms with van der Waals surface area (Å²) in [6, 6.07) is 0.288. The Bertz CT molecular complexity index is 144. The van der Waals surface area contributed by atoms with Crippen molar-refractivity contribution in [1.29, 1.82) is 0 Å². The monoisotopic (exact) mass is 200 g/mol. The number of hydrogen-bond acceptors (Lipinski definition) is 3. The first kappa shape index (κ1) is 12.0. The Hall–Kier alpha value is -0.120. The molecule has 1 aliphatic rings. The van der Waals surface area contributed by atoms with Gasteiger partial charge in [-0.05, 0) is 25.2 Å². The van der Waals surface area contributed by atoms with E-state index in [2.05, 4.69) is 19.2 Å². The predicted octanol–water partition coefficient (Wildman–Crippen LogP) is 1.13. The second-order valence-corrected chi connectivity index (χ2v) is 4.68. The molecule has 1 aliphatic heterocycles. The summed E-state index contributed by atoms with van der Waals surface area (Å²) in [5.74, 6) is 0.689. The van der Waals surface area contributed by atoms with Crippen molar-refractivity contribution < 1.29 is 4.74 Å². The van der Waals surface area contributed by atoms with Gasteiger partial charge in [0.1, 0.15) is 0 Å². The van der Waals surface area contributed by atoms with Crippen LogP contribution in [0.15, 0.2) is 0 Å². The largest absolute Gasteiger partial charge is 0.377 e. The van der Waals surface area contributed by atoms with Crippen LogP contribution in [-0.4, -0.2) is 31.8 Å². The molecule has 0 radical (unpaired) electrons. The lowest BCUT2D eigenvalue weighted by Crippen LogP contribution is -2.38. The SMILES string of the molecule is CC(C)CC(N)CNCC1CCCO1. The van der Waals surface area contributed by atoms with Gasteiger partial charge in [0.05, 0.1) is 6.10 Å². The first-order valence-corrected chi connectivity index (χ1v) is 5.76. The number of ether oxygens (including phenoxy) is 1. The zero-order chi connectivity index (χ0) is 10.4. The minimum atomic E-state index is 0.288. The van der Waals surface area contributed by atoms with Crippen molar-refractivity contribution >= 4 is 0 Å². The van der Waals surface area contributed by atoms with Gasteiger partial charge in [0.15, 0.2) is 0 Å². The van der Waals surface area contributed by atoms with Gasteiger partial charge in [0.2, 0.25) is 0 Å². The summed E-state index contributed by atoms with van der Waals surface area (Å²) in [6.45, 7) is 7.23. The molecule has 0 saturated carbocycles. The van der Waals surface area contributed by atoms with Crippen LogP contribution < -0.4 is 11.1 Å². The van der Waals surface area contributed by atoms with Gasteiger partial charge in [0, 0.05) is 25.7 Å². The molecule has 2 atom stereocenters. The fourth-order valence-corrected chi connectivity index (χ4v) is 1.92. The van der Waals surface area contributed by atoms with Crippen molar-refractivity contribution in [2.24, 2.45) is 11.7 Å². The predicted molar refractivity (Wildman–Crippen MR) is 59.3 cm³/mol. The van der Waals surface area contributed by atoms with Gasteiger partial charge in [-0.15, -0.1) is 0 Å². The number of nitrogens with two attached hydrogens (primary N) is 1. The average molecular weight is 200 g/mol. The van der Waals surface area contributed by atoms with Crippen molar-refractivity contribution in [3.05, 3.63) is 0 Å². The second kappa shape index (κ2) is 6.38. The Morgan fingerprint density at radius 1 is 1.50 bits per heavy atom. The fraction of sp³-hybridized carbons (Fsp3) is 1.00. The maximum atomic E-state index is 5.96. The molecule has 1 heterocycles. The van der Waals surface area contributed by atoms with Crippen molar-refractivity contribution in [1.82, 2.24) is 5.32 Å². The fourth-order valence-electron chi connectivity index (χ4n) is 1.92. The number of nitrogens with one attached hydrogen (secondary N) is 1. The molecule has 0 aliphatic carbocycles. The summed E-state index contributed by atoms with van der Waals surface area (Å²) in [6.07, 6.45) is 3.94. The third-order valence-corrected chi connectivity index (χ3v) is 2.58. The van der Waals surface area contributed by atoms with E-state index in [0.29, 0.717) is 12.0 Å². The highest BCUT2D eigenvalue weighted by Gasteiger charge is 2.15. The summed E-state index contributed by atoms with van der Waals surface area (Å²) < 4.78 is 5.51. The molecule has 0 bridgehead atoms. The summed E-state index contributed by atoms with van der Waals surface area (Å²) in [5, 5.41) is 3.38. The summed E-state index contributed by atoms with van der Waals surface area (Å²) in [5.41, 5.74) is 5.96. The molecule has 3 N–H and O–H groups in total. The number of hydrogen-bond donors (Lipinski definition) is 2. The molecule has 0 spiro atoms. The highest BCUT2D eigenvalue weighted by atomic mass is 16.5. The van der Waals surface area contributed by atoms with Crippen LogP contribution in [0.4, 0.5) is 0 Å². The molecule has 1 fully saturated rings. The van der Waals surface area contributed by atoms with Gasteiger partial charge < -0.3 is 15.8 Å². The molecule has 0 aromatic rings. The second-order valence-electron chi connectivity index (χ2n) is 4.68. The van der Waals surface area contributed by atoms with Crippen LogP contribution in [0.1, 0.15) is 33.1 Å². The lowest BCUT2D eigenvalue weighted by molar-refractivity contribution is 0.110. The molecule has 3 nitrogen and oxygen atoms in total. The molecule has 1 rings (SSSR count). The van der Waals surface area contributed by atoms with E-state index in [4.69, 9.17) is 10.5 Å². The Balaban J connectivity index is 1.96. The molecular formula is C11H24N2O. The van der Waals surface area contributed by atoms with E-state index in [1.807, 2.05) is 0 Å². The quantitative estimate of drug-likeness (QED) is 0.675. The van der Waals surface area contributed by atoms with Crippen molar-refractivity contribution in [3.63, 3.8) is 0 Å². The van der Waals surface area contributed by atoms with E-state index in [9.17, 15) is 0 Å². The van der Waals surface area contributed by atoms with E-state index in [0.717, 1.165) is 26.1 Å². The Kier molecular flexibility index (Phi) is 5.45. The lowest BCUT2D eigenvalue weighted by Gasteiger charge is -2.16. The van der Waals surface area contributed by atoms with Crippen molar-refractivity contribution in [3.8, 4) is 0 Å². The van der Waals surface area contributed by atoms with Crippen LogP contribution in [0.2, 0.25) is 0 Å². The number of rotatable bonds is 6. The Labute approximate surface area is 87.4 Å². The first-order valence-electron chi connectivity index (χ1n) is 5.76. The van der Waals surface area contributed by atoms with Crippen LogP contribution in [0.3, 0.4) is 0 Å². The molecule has 2 unspecified atom stereocenters. The van der Waals surface area contributed by atoms with Crippen LogP contribution in [0, 0.1) is 5.92 Å². The molecule has 3 heteroatoms. The van der Waals surface area contributed by atoms with Gasteiger partial charge in [-0.3, -0.25) is 0 Å². The summed E-state index contributed by atoms with van der Waals surface area (Å²) in [7, 11) is 0. The zero-order valence-corrected chi connectivity index (χ0v) is 9.46. The normalized spacial score (nSPS) is 24.4. The lowest BCUT2D eigenvalue weighted by atomic mass is 10.0. The van der Waals surface area contributed by atoms with Crippen LogP contribution in [0.25, 0.3) is 0 Å². The molecule has 0 aromatic carbocycles. The van der Waals surface area contributed by atoms with Crippen LogP contribution >= 0.6 is 0 Å². The van der Waals surface area contributed by atoms with E-state index < -0.39 is 0 Å². The highest BCUT2D eigenvalue weighted by molar-refractivity contribution is 4.71. The third-order valence-electron chi connectivity index (χ3n) is 2.58. The Morgan fingerprint density at radius 3 is 2.86 bits per heavy atom. The molecule has 1 saturated heterocycles. The maximum Gasteiger partial charge on any atom is 0.0700 e. The van der Waals surface area contributed by atoms with Gasteiger partial charge in [-0.2, -0.15) is 0 Å². The minimum Gasteiger partial charge on any atom is -0.377 e. The van der Waals surface area contributed by atoms with E-state index in [1.165, 1.54) is 12.8 Å². The van der Waals surface area contributed by atoms with Crippen LogP contribution in [0.5, 0.6) is 0 Å². The van der Waals surface area contributed by atoms with Crippen molar-refractivity contribution in [2.75, 3.05) is 19.7 Å². The van der Waals surface area contributed by atoms with E-state index in [1.54, 1.807) is 0 Å². The average Bonchev–Trinajstić information content (AvgIpc) is 2.55. The minimum absolute atomic E-state index is 0.288. The smallest absolute Gasteiger partial charge is 0.0700 e. The highest BCUT2D eigenvalue weighted by Crippen LogP contribution is 2.10. The van der Waals surface area contributed by atoms with Crippen molar-refractivity contribution in [2.45, 2.75) is 45.3 Å². The first-order chi connectivity index (χ1) is 6.68. The van der Waals surface area contributed by atoms with Gasteiger partial charge in [-0.1, -0.05) is 13.8 Å². The molecule has 0 aromatic heterocycles. The maximum absolute atomic E-state index is 5.96. The Morgan fingerprint density at radius 2 is 2.29 bits per heavy atom. The standard InChI is InChI=1S/C11H24N2O/c1-9(2)6-10(12)7-13-8-11-4-3-5-14-11/h9-11,13H,3-8,12H2,1-2H3. The summed E-state index contributed by atoms with van der Waals surface area (Å²) in [4.78, 5) is 0. The topological polar surface area (TPSA) is 47.3 Å². The van der Waals surface area contributed by atoms with E-state index >= 15 is 0 Å².